The SMILES string of the molecule is O=C(O)[C@]1(O)C=C([C@@H](O)Cc2ccccc2)[C@@H](O)[C@H](O)C1. The van der Waals surface area contributed by atoms with Gasteiger partial charge in [-0.25, -0.2) is 4.79 Å². The maximum atomic E-state index is 11.1. The molecule has 1 aliphatic rings. The van der Waals surface area contributed by atoms with Gasteiger partial charge < -0.3 is 25.5 Å². The highest BCUT2D eigenvalue weighted by molar-refractivity contribution is 5.80. The maximum absolute atomic E-state index is 11.1. The molecule has 0 bridgehead atoms. The smallest absolute Gasteiger partial charge is 0.339 e. The van der Waals surface area contributed by atoms with E-state index in [2.05, 4.69) is 0 Å². The van der Waals surface area contributed by atoms with Crippen LogP contribution in [0, 0.1) is 0 Å². The quantitative estimate of drug-likeness (QED) is 0.476. The second-order valence-corrected chi connectivity index (χ2v) is 5.30. The minimum Gasteiger partial charge on any atom is -0.479 e. The molecule has 2 rings (SSSR count). The monoisotopic (exact) mass is 294 g/mol. The van der Waals surface area contributed by atoms with E-state index in [4.69, 9.17) is 5.11 Å². The molecule has 0 heterocycles. The van der Waals surface area contributed by atoms with E-state index in [1.54, 1.807) is 24.3 Å². The fraction of sp³-hybridized carbons (Fsp3) is 0.400. The molecule has 0 aromatic heterocycles. The van der Waals surface area contributed by atoms with Crippen LogP contribution >= 0.6 is 0 Å². The highest BCUT2D eigenvalue weighted by atomic mass is 16.4. The average Bonchev–Trinajstić information content (AvgIpc) is 2.43. The largest absolute Gasteiger partial charge is 0.479 e. The molecule has 0 fully saturated rings. The number of carboxylic acids is 1. The van der Waals surface area contributed by atoms with Crippen LogP contribution in [0.1, 0.15) is 12.0 Å². The van der Waals surface area contributed by atoms with Crippen molar-refractivity contribution in [3.63, 3.8) is 0 Å². The Kier molecular flexibility index (Phi) is 4.43. The van der Waals surface area contributed by atoms with Crippen molar-refractivity contribution in [3.05, 3.63) is 47.5 Å². The molecule has 114 valence electrons. The molecule has 5 N–H and O–H groups in total. The van der Waals surface area contributed by atoms with Crippen molar-refractivity contribution in [2.24, 2.45) is 0 Å². The molecule has 4 atom stereocenters. The summed E-state index contributed by atoms with van der Waals surface area (Å²) < 4.78 is 0. The Bertz CT molecular complexity index is 540. The molecular weight excluding hydrogens is 276 g/mol. The zero-order valence-corrected chi connectivity index (χ0v) is 11.3. The van der Waals surface area contributed by atoms with Gasteiger partial charge in [0, 0.05) is 12.8 Å². The summed E-state index contributed by atoms with van der Waals surface area (Å²) in [5.74, 6) is -1.53. The summed E-state index contributed by atoms with van der Waals surface area (Å²) in [5, 5.41) is 48.8. The van der Waals surface area contributed by atoms with Crippen molar-refractivity contribution in [1.82, 2.24) is 0 Å². The first-order valence-electron chi connectivity index (χ1n) is 6.60. The lowest BCUT2D eigenvalue weighted by atomic mass is 9.80. The van der Waals surface area contributed by atoms with E-state index in [0.717, 1.165) is 11.6 Å². The lowest BCUT2D eigenvalue weighted by Gasteiger charge is -2.35. The molecule has 6 nitrogen and oxygen atoms in total. The van der Waals surface area contributed by atoms with Crippen LogP contribution in [0.3, 0.4) is 0 Å². The number of aliphatic hydroxyl groups excluding tert-OH is 3. The Hall–Kier alpha value is -1.73. The summed E-state index contributed by atoms with van der Waals surface area (Å²) in [7, 11) is 0. The third-order valence-corrected chi connectivity index (χ3v) is 3.66. The summed E-state index contributed by atoms with van der Waals surface area (Å²) in [6.07, 6.45) is -3.49. The highest BCUT2D eigenvalue weighted by Gasteiger charge is 2.44. The van der Waals surface area contributed by atoms with Gasteiger partial charge in [-0.05, 0) is 17.2 Å². The van der Waals surface area contributed by atoms with Crippen LogP contribution in [0.25, 0.3) is 0 Å². The molecule has 21 heavy (non-hydrogen) atoms. The molecule has 0 radical (unpaired) electrons. The molecule has 0 amide bonds. The van der Waals surface area contributed by atoms with Crippen LogP contribution in [0.4, 0.5) is 0 Å². The molecule has 1 aromatic rings. The van der Waals surface area contributed by atoms with Gasteiger partial charge in [0.05, 0.1) is 12.2 Å². The van der Waals surface area contributed by atoms with E-state index in [1.165, 1.54) is 0 Å². The number of hydrogen-bond acceptors (Lipinski definition) is 5. The van der Waals surface area contributed by atoms with Crippen LogP contribution < -0.4 is 0 Å². The van der Waals surface area contributed by atoms with E-state index in [-0.39, 0.29) is 12.0 Å². The fourth-order valence-electron chi connectivity index (χ4n) is 2.47. The summed E-state index contributed by atoms with van der Waals surface area (Å²) >= 11 is 0. The third kappa shape index (κ3) is 3.30. The van der Waals surface area contributed by atoms with Gasteiger partial charge in [0.15, 0.2) is 5.60 Å². The summed E-state index contributed by atoms with van der Waals surface area (Å²) in [6, 6.07) is 8.95. The standard InChI is InChI=1S/C15H18O6/c16-11(6-9-4-2-1-3-5-9)10-7-15(21,14(19)20)8-12(17)13(10)18/h1-5,7,11-13,16-18,21H,6,8H2,(H,19,20)/t11-,12+,13+,15-/m0/s1. The molecule has 0 spiro atoms. The molecule has 1 aromatic carbocycles. The van der Waals surface area contributed by atoms with Crippen molar-refractivity contribution in [2.75, 3.05) is 0 Å². The van der Waals surface area contributed by atoms with Crippen LogP contribution in [0.15, 0.2) is 42.0 Å². The average molecular weight is 294 g/mol. The third-order valence-electron chi connectivity index (χ3n) is 3.66. The second-order valence-electron chi connectivity index (χ2n) is 5.30. The number of carbonyl (C=O) groups is 1. The Morgan fingerprint density at radius 3 is 2.48 bits per heavy atom. The Morgan fingerprint density at radius 2 is 1.90 bits per heavy atom. The zero-order valence-electron chi connectivity index (χ0n) is 11.3. The van der Waals surface area contributed by atoms with Gasteiger partial charge >= 0.3 is 5.97 Å². The summed E-state index contributed by atoms with van der Waals surface area (Å²) in [6.45, 7) is 0. The van der Waals surface area contributed by atoms with Crippen LogP contribution in [0.2, 0.25) is 0 Å². The maximum Gasteiger partial charge on any atom is 0.339 e. The lowest BCUT2D eigenvalue weighted by molar-refractivity contribution is -0.159. The van der Waals surface area contributed by atoms with Gasteiger partial charge in [0.2, 0.25) is 0 Å². The van der Waals surface area contributed by atoms with Gasteiger partial charge in [0.1, 0.15) is 6.10 Å². The van der Waals surface area contributed by atoms with Gasteiger partial charge in [0.25, 0.3) is 0 Å². The van der Waals surface area contributed by atoms with Gasteiger partial charge in [-0.1, -0.05) is 30.3 Å². The minimum atomic E-state index is -2.29. The minimum absolute atomic E-state index is 0.0810. The number of aliphatic hydroxyl groups is 4. The molecule has 0 unspecified atom stereocenters. The van der Waals surface area contributed by atoms with E-state index in [0.29, 0.717) is 0 Å². The predicted molar refractivity (Wildman–Crippen MR) is 73.5 cm³/mol. The first-order chi connectivity index (χ1) is 9.83. The number of aliphatic carboxylic acids is 1. The fourth-order valence-corrected chi connectivity index (χ4v) is 2.47. The van der Waals surface area contributed by atoms with Crippen molar-refractivity contribution in [2.45, 2.75) is 36.8 Å². The molecule has 0 saturated heterocycles. The molecule has 0 aliphatic heterocycles. The summed E-state index contributed by atoms with van der Waals surface area (Å²) in [5.41, 5.74) is -1.58. The summed E-state index contributed by atoms with van der Waals surface area (Å²) in [4.78, 5) is 11.1. The van der Waals surface area contributed by atoms with Crippen molar-refractivity contribution in [1.29, 1.82) is 0 Å². The van der Waals surface area contributed by atoms with Gasteiger partial charge in [-0.2, -0.15) is 0 Å². The van der Waals surface area contributed by atoms with Gasteiger partial charge in [-0.3, -0.25) is 0 Å². The zero-order chi connectivity index (χ0) is 15.6. The normalized spacial score (nSPS) is 30.6. The van der Waals surface area contributed by atoms with Crippen LogP contribution in [-0.4, -0.2) is 55.4 Å². The van der Waals surface area contributed by atoms with Crippen LogP contribution in [0.5, 0.6) is 0 Å². The first-order valence-corrected chi connectivity index (χ1v) is 6.60. The number of rotatable bonds is 4. The predicted octanol–water partition coefficient (Wildman–Crippen LogP) is -0.542. The number of benzene rings is 1. The Labute approximate surface area is 121 Å². The van der Waals surface area contributed by atoms with Crippen molar-refractivity contribution in [3.8, 4) is 0 Å². The van der Waals surface area contributed by atoms with Gasteiger partial charge in [-0.15, -0.1) is 0 Å². The molecular formula is C15H18O6. The van der Waals surface area contributed by atoms with E-state index in [1.807, 2.05) is 6.07 Å². The first kappa shape index (κ1) is 15.7. The van der Waals surface area contributed by atoms with E-state index < -0.39 is 36.3 Å². The second kappa shape index (κ2) is 5.95. The van der Waals surface area contributed by atoms with Crippen LogP contribution in [-0.2, 0) is 11.2 Å². The number of carboxylic acid groups (broad SMARTS) is 1. The lowest BCUT2D eigenvalue weighted by Crippen LogP contribution is -2.50. The van der Waals surface area contributed by atoms with Crippen molar-refractivity contribution >= 4 is 5.97 Å². The Balaban J connectivity index is 2.26. The van der Waals surface area contributed by atoms with Crippen molar-refractivity contribution < 1.29 is 30.3 Å². The number of hydrogen-bond donors (Lipinski definition) is 5. The highest BCUT2D eigenvalue weighted by Crippen LogP contribution is 2.30. The molecule has 6 heteroatoms. The molecule has 1 aliphatic carbocycles. The Morgan fingerprint density at radius 1 is 1.29 bits per heavy atom. The molecule has 0 saturated carbocycles. The van der Waals surface area contributed by atoms with E-state index in [9.17, 15) is 25.2 Å². The topological polar surface area (TPSA) is 118 Å². The van der Waals surface area contributed by atoms with E-state index >= 15 is 0 Å².